The molecule has 1 aromatic heterocycles. The van der Waals surface area contributed by atoms with Crippen LogP contribution in [-0.4, -0.2) is 16.3 Å². The van der Waals surface area contributed by atoms with Crippen molar-refractivity contribution in [2.75, 3.05) is 6.61 Å². The van der Waals surface area contributed by atoms with Gasteiger partial charge in [-0.2, -0.15) is 0 Å². The summed E-state index contributed by atoms with van der Waals surface area (Å²) in [6, 6.07) is 5.94. The van der Waals surface area contributed by atoms with Crippen molar-refractivity contribution >= 4 is 22.5 Å². The number of aryl methyl sites for hydroxylation is 1. The van der Waals surface area contributed by atoms with E-state index in [2.05, 4.69) is 0 Å². The van der Waals surface area contributed by atoms with Crippen LogP contribution in [0.25, 0.3) is 10.9 Å². The van der Waals surface area contributed by atoms with Crippen LogP contribution >= 0.6 is 11.6 Å². The maximum atomic E-state index is 8.90. The molecule has 74 valence electrons. The van der Waals surface area contributed by atoms with Gasteiger partial charge in [0.25, 0.3) is 0 Å². The Bertz CT molecular complexity index is 462. The summed E-state index contributed by atoms with van der Waals surface area (Å²) in [4.78, 5) is 0. The first-order valence-corrected chi connectivity index (χ1v) is 4.96. The first-order valence-electron chi connectivity index (χ1n) is 4.59. The molecule has 0 spiro atoms. The topological polar surface area (TPSA) is 25.2 Å². The van der Waals surface area contributed by atoms with Gasteiger partial charge in [0.15, 0.2) is 0 Å². The quantitative estimate of drug-likeness (QED) is 0.808. The summed E-state index contributed by atoms with van der Waals surface area (Å²) < 4.78 is 2.02. The highest BCUT2D eigenvalue weighted by atomic mass is 35.5. The molecule has 1 heterocycles. The largest absolute Gasteiger partial charge is 0.395 e. The highest BCUT2D eigenvalue weighted by Gasteiger charge is 2.06. The van der Waals surface area contributed by atoms with Crippen LogP contribution in [0.3, 0.4) is 0 Å². The van der Waals surface area contributed by atoms with E-state index in [-0.39, 0.29) is 6.61 Å². The maximum Gasteiger partial charge on any atom is 0.0610 e. The van der Waals surface area contributed by atoms with Crippen LogP contribution in [0.1, 0.15) is 5.56 Å². The van der Waals surface area contributed by atoms with E-state index in [1.807, 2.05) is 35.9 Å². The van der Waals surface area contributed by atoms with E-state index in [1.54, 1.807) is 0 Å². The molecule has 1 N–H and O–H groups in total. The van der Waals surface area contributed by atoms with Gasteiger partial charge in [-0.15, -0.1) is 0 Å². The molecule has 0 aliphatic carbocycles. The summed E-state index contributed by atoms with van der Waals surface area (Å²) in [6.07, 6.45) is 1.98. The number of hydrogen-bond acceptors (Lipinski definition) is 1. The molecule has 0 bridgehead atoms. The molecule has 2 aromatic rings. The van der Waals surface area contributed by atoms with Gasteiger partial charge in [0.05, 0.1) is 12.1 Å². The van der Waals surface area contributed by atoms with E-state index >= 15 is 0 Å². The Labute approximate surface area is 87.7 Å². The minimum absolute atomic E-state index is 0.149. The standard InChI is InChI=1S/C11H12ClNO/c1-8-10(12)3-2-9-4-5-13(6-7-14)11(8)9/h2-5,14H,6-7H2,1H3. The smallest absolute Gasteiger partial charge is 0.0610 e. The molecule has 3 heteroatoms. The van der Waals surface area contributed by atoms with Crippen molar-refractivity contribution in [3.05, 3.63) is 35.0 Å². The van der Waals surface area contributed by atoms with E-state index in [0.29, 0.717) is 6.54 Å². The molecule has 0 unspecified atom stereocenters. The predicted octanol–water partition coefficient (Wildman–Crippen LogP) is 2.60. The number of benzene rings is 1. The van der Waals surface area contributed by atoms with Gasteiger partial charge in [-0.3, -0.25) is 0 Å². The minimum Gasteiger partial charge on any atom is -0.395 e. The molecule has 0 fully saturated rings. The second-order valence-electron chi connectivity index (χ2n) is 3.34. The molecular weight excluding hydrogens is 198 g/mol. The molecule has 0 amide bonds. The fourth-order valence-electron chi connectivity index (χ4n) is 1.75. The van der Waals surface area contributed by atoms with Gasteiger partial charge in [-0.05, 0) is 30.0 Å². The third-order valence-electron chi connectivity index (χ3n) is 2.46. The van der Waals surface area contributed by atoms with Crippen LogP contribution in [0.5, 0.6) is 0 Å². The van der Waals surface area contributed by atoms with E-state index in [0.717, 1.165) is 16.1 Å². The van der Waals surface area contributed by atoms with Crippen molar-refractivity contribution in [3.8, 4) is 0 Å². The Balaban J connectivity index is 2.69. The number of aliphatic hydroxyl groups excluding tert-OH is 1. The average Bonchev–Trinajstić information content (AvgIpc) is 2.57. The lowest BCUT2D eigenvalue weighted by atomic mass is 10.1. The Kier molecular flexibility index (Phi) is 2.48. The zero-order chi connectivity index (χ0) is 10.1. The zero-order valence-electron chi connectivity index (χ0n) is 8.00. The van der Waals surface area contributed by atoms with E-state index in [4.69, 9.17) is 16.7 Å². The van der Waals surface area contributed by atoms with Gasteiger partial charge >= 0.3 is 0 Å². The first-order chi connectivity index (χ1) is 6.74. The number of aromatic nitrogens is 1. The van der Waals surface area contributed by atoms with Crippen molar-refractivity contribution in [1.82, 2.24) is 4.57 Å². The van der Waals surface area contributed by atoms with Crippen molar-refractivity contribution < 1.29 is 5.11 Å². The monoisotopic (exact) mass is 209 g/mol. The lowest BCUT2D eigenvalue weighted by Crippen LogP contribution is -2.00. The highest BCUT2D eigenvalue weighted by Crippen LogP contribution is 2.25. The van der Waals surface area contributed by atoms with Gasteiger partial charge in [-0.25, -0.2) is 0 Å². The van der Waals surface area contributed by atoms with Gasteiger partial charge in [0.1, 0.15) is 0 Å². The zero-order valence-corrected chi connectivity index (χ0v) is 8.75. The van der Waals surface area contributed by atoms with E-state index in [9.17, 15) is 0 Å². The summed E-state index contributed by atoms with van der Waals surface area (Å²) in [6.45, 7) is 2.76. The second-order valence-corrected chi connectivity index (χ2v) is 3.75. The number of rotatable bonds is 2. The fraction of sp³-hybridized carbons (Fsp3) is 0.273. The summed E-state index contributed by atoms with van der Waals surface area (Å²) in [5.41, 5.74) is 2.19. The number of hydrogen-bond donors (Lipinski definition) is 1. The van der Waals surface area contributed by atoms with Crippen LogP contribution in [0.15, 0.2) is 24.4 Å². The molecule has 14 heavy (non-hydrogen) atoms. The minimum atomic E-state index is 0.149. The van der Waals surface area contributed by atoms with Crippen molar-refractivity contribution in [2.45, 2.75) is 13.5 Å². The van der Waals surface area contributed by atoms with E-state index in [1.165, 1.54) is 5.39 Å². The van der Waals surface area contributed by atoms with E-state index < -0.39 is 0 Å². The number of aliphatic hydroxyl groups is 1. The molecule has 0 radical (unpaired) electrons. The molecule has 0 aliphatic heterocycles. The first kappa shape index (κ1) is 9.56. The Morgan fingerprint density at radius 3 is 2.86 bits per heavy atom. The average molecular weight is 210 g/mol. The molecule has 2 rings (SSSR count). The van der Waals surface area contributed by atoms with Crippen LogP contribution < -0.4 is 0 Å². The third kappa shape index (κ3) is 1.41. The molecule has 1 aromatic carbocycles. The van der Waals surface area contributed by atoms with Crippen molar-refractivity contribution in [1.29, 1.82) is 0 Å². The van der Waals surface area contributed by atoms with Crippen LogP contribution in [0, 0.1) is 6.92 Å². The molecule has 0 saturated heterocycles. The van der Waals surface area contributed by atoms with Gasteiger partial charge < -0.3 is 9.67 Å². The van der Waals surface area contributed by atoms with Crippen molar-refractivity contribution in [2.24, 2.45) is 0 Å². The number of nitrogens with zero attached hydrogens (tertiary/aromatic N) is 1. The summed E-state index contributed by atoms with van der Waals surface area (Å²) in [7, 11) is 0. The Morgan fingerprint density at radius 1 is 1.36 bits per heavy atom. The Hall–Kier alpha value is -0.990. The molecule has 0 saturated carbocycles. The Morgan fingerprint density at radius 2 is 2.14 bits per heavy atom. The molecule has 0 aliphatic rings. The summed E-state index contributed by atoms with van der Waals surface area (Å²) >= 11 is 6.04. The van der Waals surface area contributed by atoms with Gasteiger partial charge in [-0.1, -0.05) is 17.7 Å². The normalized spacial score (nSPS) is 11.1. The summed E-state index contributed by atoms with van der Waals surface area (Å²) in [5.74, 6) is 0. The van der Waals surface area contributed by atoms with Crippen LogP contribution in [-0.2, 0) is 6.54 Å². The molecular formula is C11H12ClNO. The highest BCUT2D eigenvalue weighted by molar-refractivity contribution is 6.32. The van der Waals surface area contributed by atoms with Crippen LogP contribution in [0.4, 0.5) is 0 Å². The SMILES string of the molecule is Cc1c(Cl)ccc2ccn(CCO)c12. The lowest BCUT2D eigenvalue weighted by Gasteiger charge is -2.06. The predicted molar refractivity (Wildman–Crippen MR) is 58.8 cm³/mol. The van der Waals surface area contributed by atoms with Gasteiger partial charge in [0, 0.05) is 17.8 Å². The van der Waals surface area contributed by atoms with Gasteiger partial charge in [0.2, 0.25) is 0 Å². The second kappa shape index (κ2) is 3.64. The van der Waals surface area contributed by atoms with Crippen molar-refractivity contribution in [3.63, 3.8) is 0 Å². The lowest BCUT2D eigenvalue weighted by molar-refractivity contribution is 0.278. The molecule has 0 atom stereocenters. The molecule has 2 nitrogen and oxygen atoms in total. The number of fused-ring (bicyclic) bond motifs is 1. The van der Waals surface area contributed by atoms with Crippen LogP contribution in [0.2, 0.25) is 5.02 Å². The summed E-state index contributed by atoms with van der Waals surface area (Å²) in [5, 5.41) is 10.8. The fourth-order valence-corrected chi connectivity index (χ4v) is 1.90. The third-order valence-corrected chi connectivity index (χ3v) is 2.87. The number of halogens is 1. The maximum absolute atomic E-state index is 8.90.